The molecule has 2 aromatic heterocycles. The summed E-state index contributed by atoms with van der Waals surface area (Å²) in [5, 5.41) is 2.32. The summed E-state index contributed by atoms with van der Waals surface area (Å²) in [5.41, 5.74) is 11.7. The lowest BCUT2D eigenvalue weighted by Gasteiger charge is -2.14. The molecule has 0 N–H and O–H groups in total. The molecule has 0 saturated carbocycles. The van der Waals surface area contributed by atoms with Gasteiger partial charge in [0.25, 0.3) is 0 Å². The van der Waals surface area contributed by atoms with E-state index >= 15 is 0 Å². The van der Waals surface area contributed by atoms with Gasteiger partial charge in [0, 0.05) is 33.4 Å². The number of hydrogen-bond donors (Lipinski definition) is 0. The highest BCUT2D eigenvalue weighted by Crippen LogP contribution is 2.45. The van der Waals surface area contributed by atoms with Gasteiger partial charge < -0.3 is 0 Å². The third-order valence-corrected chi connectivity index (χ3v) is 9.38. The summed E-state index contributed by atoms with van der Waals surface area (Å²) in [7, 11) is 0. The molecule has 1 aliphatic heterocycles. The molecule has 228 valence electrons. The lowest BCUT2D eigenvalue weighted by molar-refractivity contribution is 1.07. The standard InChI is InChI=1S/C44H27N5/c1-2-13-29(14-3-1)41-46-42(48-43(47-41)32-25-24-28-12-4-5-15-30(28)26-32)31-16-10-17-33(27-31)44-45-38-22-11-21-37-35-19-7-6-18-34(35)36-20-8-9-23-39(36)49(44)40(37)38/h1-27H. The maximum atomic E-state index is 5.27. The minimum atomic E-state index is 0.610. The molecule has 0 atom stereocenters. The lowest BCUT2D eigenvalue weighted by Crippen LogP contribution is -2.01. The Balaban J connectivity index is 1.18. The van der Waals surface area contributed by atoms with Crippen molar-refractivity contribution in [2.24, 2.45) is 0 Å². The fourth-order valence-electron chi connectivity index (χ4n) is 7.10. The Morgan fingerprint density at radius 3 is 1.73 bits per heavy atom. The molecule has 0 aliphatic carbocycles. The van der Waals surface area contributed by atoms with Gasteiger partial charge in [-0.05, 0) is 46.2 Å². The summed E-state index contributed by atoms with van der Waals surface area (Å²) in [6, 6.07) is 56.9. The number of rotatable bonds is 4. The van der Waals surface area contributed by atoms with Crippen LogP contribution in [-0.2, 0) is 0 Å². The van der Waals surface area contributed by atoms with Gasteiger partial charge in [0.05, 0.1) is 16.7 Å². The third-order valence-electron chi connectivity index (χ3n) is 9.38. The van der Waals surface area contributed by atoms with Crippen LogP contribution < -0.4 is 0 Å². The molecule has 0 bridgehead atoms. The van der Waals surface area contributed by atoms with E-state index in [1.807, 2.05) is 30.3 Å². The quantitative estimate of drug-likeness (QED) is 0.195. The molecule has 7 aromatic carbocycles. The molecule has 0 amide bonds. The highest BCUT2D eigenvalue weighted by molar-refractivity contribution is 6.03. The molecule has 5 nitrogen and oxygen atoms in total. The smallest absolute Gasteiger partial charge is 0.164 e. The Hall–Kier alpha value is -6.72. The van der Waals surface area contributed by atoms with E-state index in [1.165, 1.54) is 27.6 Å². The van der Waals surface area contributed by atoms with Crippen LogP contribution >= 0.6 is 0 Å². The van der Waals surface area contributed by atoms with Gasteiger partial charge in [-0.2, -0.15) is 0 Å². The minimum Gasteiger partial charge on any atom is -0.291 e. The minimum absolute atomic E-state index is 0.610. The Bertz CT molecular complexity index is 2730. The Kier molecular flexibility index (Phi) is 6.11. The topological polar surface area (TPSA) is 56.5 Å². The van der Waals surface area contributed by atoms with Crippen LogP contribution in [0.2, 0.25) is 0 Å². The zero-order chi connectivity index (χ0) is 32.3. The second-order valence-electron chi connectivity index (χ2n) is 12.3. The van der Waals surface area contributed by atoms with Gasteiger partial charge in [-0.25, -0.2) is 19.9 Å². The van der Waals surface area contributed by atoms with Gasteiger partial charge in [0.15, 0.2) is 17.5 Å². The van der Waals surface area contributed by atoms with Crippen molar-refractivity contribution < 1.29 is 0 Å². The van der Waals surface area contributed by atoms with Crippen molar-refractivity contribution in [3.63, 3.8) is 0 Å². The summed E-state index contributed by atoms with van der Waals surface area (Å²) < 4.78 is 2.32. The number of aromatic nitrogens is 5. The van der Waals surface area contributed by atoms with Crippen molar-refractivity contribution in [2.45, 2.75) is 0 Å². The van der Waals surface area contributed by atoms with Crippen LogP contribution in [0.3, 0.4) is 0 Å². The van der Waals surface area contributed by atoms with E-state index in [4.69, 9.17) is 19.9 Å². The van der Waals surface area contributed by atoms with Crippen LogP contribution in [0.25, 0.3) is 95.3 Å². The van der Waals surface area contributed by atoms with Crippen LogP contribution in [0.1, 0.15) is 0 Å². The monoisotopic (exact) mass is 625 g/mol. The summed E-state index contributed by atoms with van der Waals surface area (Å²) in [4.78, 5) is 20.4. The predicted molar refractivity (Wildman–Crippen MR) is 198 cm³/mol. The first-order chi connectivity index (χ1) is 24.3. The number of fused-ring (bicyclic) bond motifs is 6. The fourth-order valence-corrected chi connectivity index (χ4v) is 7.10. The summed E-state index contributed by atoms with van der Waals surface area (Å²) >= 11 is 0. The van der Waals surface area contributed by atoms with Crippen molar-refractivity contribution in [3.05, 3.63) is 164 Å². The van der Waals surface area contributed by atoms with E-state index in [2.05, 4.69) is 138 Å². The second-order valence-corrected chi connectivity index (χ2v) is 12.3. The number of nitrogens with zero attached hydrogens (tertiary/aromatic N) is 5. The first kappa shape index (κ1) is 27.4. The largest absolute Gasteiger partial charge is 0.291 e. The molecule has 9 aromatic rings. The zero-order valence-corrected chi connectivity index (χ0v) is 26.3. The maximum Gasteiger partial charge on any atom is 0.164 e. The third kappa shape index (κ3) is 4.48. The van der Waals surface area contributed by atoms with E-state index in [-0.39, 0.29) is 0 Å². The molecule has 1 aliphatic rings. The molecule has 0 radical (unpaired) electrons. The van der Waals surface area contributed by atoms with Crippen LogP contribution in [0.15, 0.2) is 164 Å². The lowest BCUT2D eigenvalue weighted by atomic mass is 9.94. The molecule has 0 spiro atoms. The van der Waals surface area contributed by atoms with Gasteiger partial charge in [0.1, 0.15) is 5.82 Å². The molecule has 0 saturated heterocycles. The second kappa shape index (κ2) is 10.9. The first-order valence-electron chi connectivity index (χ1n) is 16.4. The normalized spacial score (nSPS) is 11.7. The van der Waals surface area contributed by atoms with Crippen molar-refractivity contribution in [2.75, 3.05) is 0 Å². The molecule has 10 rings (SSSR count). The van der Waals surface area contributed by atoms with E-state index in [0.29, 0.717) is 17.5 Å². The van der Waals surface area contributed by atoms with Crippen molar-refractivity contribution in [1.82, 2.24) is 24.5 Å². The van der Waals surface area contributed by atoms with E-state index in [9.17, 15) is 0 Å². The first-order valence-corrected chi connectivity index (χ1v) is 16.4. The number of para-hydroxylation sites is 2. The Labute approximate surface area is 282 Å². The highest BCUT2D eigenvalue weighted by Gasteiger charge is 2.25. The molecule has 0 fully saturated rings. The van der Waals surface area contributed by atoms with Crippen molar-refractivity contribution >= 4 is 21.8 Å². The predicted octanol–water partition coefficient (Wildman–Crippen LogP) is 10.7. The Morgan fingerprint density at radius 2 is 0.918 bits per heavy atom. The van der Waals surface area contributed by atoms with Crippen LogP contribution in [0, 0.1) is 0 Å². The summed E-state index contributed by atoms with van der Waals surface area (Å²) in [6.45, 7) is 0. The van der Waals surface area contributed by atoms with Gasteiger partial charge in [-0.15, -0.1) is 0 Å². The molecule has 0 unspecified atom stereocenters. The molecular weight excluding hydrogens is 599 g/mol. The van der Waals surface area contributed by atoms with Gasteiger partial charge in [0.2, 0.25) is 0 Å². The number of imidazole rings is 1. The number of hydrogen-bond acceptors (Lipinski definition) is 4. The average molecular weight is 626 g/mol. The molecule has 5 heteroatoms. The van der Waals surface area contributed by atoms with Crippen LogP contribution in [0.4, 0.5) is 0 Å². The molecule has 49 heavy (non-hydrogen) atoms. The average Bonchev–Trinajstić information content (AvgIpc) is 3.52. The SMILES string of the molecule is c1ccc(-c2nc(-c3cccc(-c4nc5cccc6c5n4-c4ccccc4-c4ccccc4-6)c3)nc(-c3ccc4ccccc4c3)n2)cc1. The maximum absolute atomic E-state index is 5.27. The highest BCUT2D eigenvalue weighted by atomic mass is 15.1. The fraction of sp³-hybridized carbons (Fsp3) is 0. The molecular formula is C44H27N5. The van der Waals surface area contributed by atoms with E-state index in [1.54, 1.807) is 0 Å². The number of benzene rings is 7. The van der Waals surface area contributed by atoms with E-state index in [0.717, 1.165) is 50.2 Å². The Morgan fingerprint density at radius 1 is 0.347 bits per heavy atom. The molecule has 3 heterocycles. The van der Waals surface area contributed by atoms with Gasteiger partial charge >= 0.3 is 0 Å². The van der Waals surface area contributed by atoms with Gasteiger partial charge in [-0.1, -0.05) is 140 Å². The summed E-state index contributed by atoms with van der Waals surface area (Å²) in [5.74, 6) is 2.75. The van der Waals surface area contributed by atoms with Crippen LogP contribution in [-0.4, -0.2) is 24.5 Å². The van der Waals surface area contributed by atoms with E-state index < -0.39 is 0 Å². The van der Waals surface area contributed by atoms with Crippen molar-refractivity contribution in [1.29, 1.82) is 0 Å². The van der Waals surface area contributed by atoms with Crippen molar-refractivity contribution in [3.8, 4) is 73.5 Å². The van der Waals surface area contributed by atoms with Crippen LogP contribution in [0.5, 0.6) is 0 Å². The van der Waals surface area contributed by atoms with Gasteiger partial charge in [-0.3, -0.25) is 4.57 Å². The summed E-state index contributed by atoms with van der Waals surface area (Å²) in [6.07, 6.45) is 0. The zero-order valence-electron chi connectivity index (χ0n) is 26.3.